The summed E-state index contributed by atoms with van der Waals surface area (Å²) in [7, 11) is -1.71. The van der Waals surface area contributed by atoms with Crippen molar-refractivity contribution in [3.8, 4) is 0 Å². The van der Waals surface area contributed by atoms with Gasteiger partial charge in [0.05, 0.1) is 24.2 Å². The van der Waals surface area contributed by atoms with Crippen LogP contribution >= 0.6 is 11.8 Å². The van der Waals surface area contributed by atoms with Crippen LogP contribution in [0.3, 0.4) is 0 Å². The number of aromatic nitrogens is 3. The Kier molecular flexibility index (Phi) is 7.41. The minimum absolute atomic E-state index is 0.00894. The highest BCUT2D eigenvalue weighted by Gasteiger charge is 2.24. The normalized spacial score (nSPS) is 19.4. The molecular weight excluding hydrogens is 422 g/mol. The van der Waals surface area contributed by atoms with Crippen LogP contribution in [0.4, 0.5) is 5.69 Å². The van der Waals surface area contributed by atoms with E-state index < -0.39 is 10.0 Å². The van der Waals surface area contributed by atoms with Gasteiger partial charge in [-0.3, -0.25) is 9.10 Å². The molecule has 0 bridgehead atoms. The molecule has 1 aromatic heterocycles. The summed E-state index contributed by atoms with van der Waals surface area (Å²) < 4.78 is 27.6. The van der Waals surface area contributed by atoms with Crippen LogP contribution in [0.2, 0.25) is 0 Å². The maximum Gasteiger partial charge on any atom is 0.232 e. The average molecular weight is 452 g/mol. The first-order chi connectivity index (χ1) is 14.3. The third kappa shape index (κ3) is 5.75. The second-order valence-electron chi connectivity index (χ2n) is 7.79. The molecule has 8 nitrogen and oxygen atoms in total. The van der Waals surface area contributed by atoms with Crippen molar-refractivity contribution in [3.63, 3.8) is 0 Å². The summed E-state index contributed by atoms with van der Waals surface area (Å²) in [5.74, 6) is 1.26. The topological polar surface area (TPSA) is 97.2 Å². The van der Waals surface area contributed by atoms with E-state index in [0.717, 1.165) is 19.3 Å². The van der Waals surface area contributed by atoms with Crippen LogP contribution < -0.4 is 9.62 Å². The smallest absolute Gasteiger partial charge is 0.232 e. The molecule has 1 N–H and O–H groups in total. The van der Waals surface area contributed by atoms with Gasteiger partial charge < -0.3 is 9.88 Å². The number of nitrogens with one attached hydrogen (secondary N) is 1. The molecule has 0 spiro atoms. The quantitative estimate of drug-likeness (QED) is 0.620. The Labute approximate surface area is 182 Å². The molecule has 1 aliphatic rings. The lowest BCUT2D eigenvalue weighted by Gasteiger charge is -2.29. The summed E-state index contributed by atoms with van der Waals surface area (Å²) in [6.07, 6.45) is 5.75. The number of carbonyl (C=O) groups excluding carboxylic acids is 1. The molecule has 1 amide bonds. The second-order valence-corrected chi connectivity index (χ2v) is 10.6. The monoisotopic (exact) mass is 451 g/mol. The lowest BCUT2D eigenvalue weighted by atomic mass is 9.86. The minimum atomic E-state index is -3.49. The predicted octanol–water partition coefficient (Wildman–Crippen LogP) is 2.57. The fraction of sp³-hybridized carbons (Fsp3) is 0.550. The summed E-state index contributed by atoms with van der Waals surface area (Å²) >= 11 is 1.31. The van der Waals surface area contributed by atoms with Crippen LogP contribution in [0.5, 0.6) is 0 Å². The van der Waals surface area contributed by atoms with Crippen molar-refractivity contribution in [2.75, 3.05) is 16.3 Å². The van der Waals surface area contributed by atoms with Crippen LogP contribution in [-0.4, -0.2) is 47.1 Å². The van der Waals surface area contributed by atoms with Gasteiger partial charge in [0.25, 0.3) is 0 Å². The molecule has 30 heavy (non-hydrogen) atoms. The highest BCUT2D eigenvalue weighted by molar-refractivity contribution is 7.99. The fourth-order valence-electron chi connectivity index (χ4n) is 3.64. The lowest BCUT2D eigenvalue weighted by molar-refractivity contribution is -0.119. The second kappa shape index (κ2) is 9.82. The minimum Gasteiger partial charge on any atom is -0.352 e. The van der Waals surface area contributed by atoms with E-state index in [1.807, 2.05) is 6.07 Å². The molecule has 3 rings (SSSR count). The van der Waals surface area contributed by atoms with Crippen molar-refractivity contribution in [1.82, 2.24) is 20.1 Å². The van der Waals surface area contributed by atoms with Crippen LogP contribution in [0.1, 0.15) is 38.4 Å². The average Bonchev–Trinajstić information content (AvgIpc) is 3.05. The number of thioether (sulfide) groups is 1. The van der Waals surface area contributed by atoms with Gasteiger partial charge in [-0.2, -0.15) is 0 Å². The van der Waals surface area contributed by atoms with Crippen LogP contribution in [0, 0.1) is 5.92 Å². The van der Waals surface area contributed by atoms with Crippen molar-refractivity contribution in [2.24, 2.45) is 13.0 Å². The molecule has 0 radical (unpaired) electrons. The Morgan fingerprint density at radius 1 is 1.23 bits per heavy atom. The van der Waals surface area contributed by atoms with Crippen molar-refractivity contribution < 1.29 is 13.2 Å². The van der Waals surface area contributed by atoms with Gasteiger partial charge in [-0.15, -0.1) is 10.2 Å². The first-order valence-electron chi connectivity index (χ1n) is 10.1. The zero-order chi connectivity index (χ0) is 21.7. The molecule has 0 unspecified atom stereocenters. The third-order valence-electron chi connectivity index (χ3n) is 5.44. The number of anilines is 1. The van der Waals surface area contributed by atoms with Gasteiger partial charge in [0.15, 0.2) is 11.0 Å². The molecule has 1 saturated carbocycles. The zero-order valence-electron chi connectivity index (χ0n) is 17.6. The van der Waals surface area contributed by atoms with E-state index in [-0.39, 0.29) is 24.2 Å². The molecule has 0 saturated heterocycles. The number of amides is 1. The number of hydrogen-bond donors (Lipinski definition) is 1. The summed E-state index contributed by atoms with van der Waals surface area (Å²) in [5, 5.41) is 12.0. The Bertz CT molecular complexity index is 962. The molecule has 1 aromatic carbocycles. The van der Waals surface area contributed by atoms with E-state index in [2.05, 4.69) is 22.4 Å². The van der Waals surface area contributed by atoms with Gasteiger partial charge in [0.2, 0.25) is 15.9 Å². The first kappa shape index (κ1) is 22.6. The number of para-hydroxylation sites is 1. The van der Waals surface area contributed by atoms with E-state index >= 15 is 0 Å². The van der Waals surface area contributed by atoms with Crippen LogP contribution in [0.25, 0.3) is 0 Å². The van der Waals surface area contributed by atoms with Crippen molar-refractivity contribution in [3.05, 3.63) is 36.2 Å². The summed E-state index contributed by atoms with van der Waals surface area (Å²) in [5.41, 5.74) is 0.568. The number of sulfonamides is 1. The number of carbonyl (C=O) groups is 1. The highest BCUT2D eigenvalue weighted by atomic mass is 32.2. The van der Waals surface area contributed by atoms with E-state index in [1.54, 1.807) is 35.9 Å². The largest absolute Gasteiger partial charge is 0.352 e. The molecule has 10 heteroatoms. The molecule has 1 aliphatic carbocycles. The standard InChI is InChI=1S/C20H29N5O3S2/c1-15-9-7-8-12-17(15)21-19(26)14-29-20-23-22-18(24(20)2)13-25(30(3,27)28)16-10-5-4-6-11-16/h4-6,10-11,15,17H,7-9,12-14H2,1-3H3,(H,21,26)/t15-,17-/m1/s1. The number of hydrogen-bond acceptors (Lipinski definition) is 6. The summed E-state index contributed by atoms with van der Waals surface area (Å²) in [4.78, 5) is 12.4. The number of benzene rings is 1. The maximum atomic E-state index is 12.4. The van der Waals surface area contributed by atoms with Gasteiger partial charge in [0.1, 0.15) is 0 Å². The molecule has 0 aliphatic heterocycles. The van der Waals surface area contributed by atoms with Gasteiger partial charge in [-0.25, -0.2) is 8.42 Å². The van der Waals surface area contributed by atoms with Crippen LogP contribution in [0.15, 0.2) is 35.5 Å². The first-order valence-corrected chi connectivity index (χ1v) is 12.9. The summed E-state index contributed by atoms with van der Waals surface area (Å²) in [6, 6.07) is 9.14. The predicted molar refractivity (Wildman–Crippen MR) is 119 cm³/mol. The molecule has 2 atom stereocenters. The van der Waals surface area contributed by atoms with Gasteiger partial charge in [0, 0.05) is 13.1 Å². The van der Waals surface area contributed by atoms with E-state index in [1.165, 1.54) is 28.7 Å². The van der Waals surface area contributed by atoms with E-state index in [9.17, 15) is 13.2 Å². The Morgan fingerprint density at radius 3 is 2.60 bits per heavy atom. The Balaban J connectivity index is 1.63. The van der Waals surface area contributed by atoms with Crippen molar-refractivity contribution >= 4 is 33.4 Å². The Hall–Kier alpha value is -2.07. The number of rotatable bonds is 8. The summed E-state index contributed by atoms with van der Waals surface area (Å²) in [6.45, 7) is 2.26. The molecule has 164 valence electrons. The van der Waals surface area contributed by atoms with Gasteiger partial charge in [-0.05, 0) is 30.9 Å². The van der Waals surface area contributed by atoms with E-state index in [4.69, 9.17) is 0 Å². The number of nitrogens with zero attached hydrogens (tertiary/aromatic N) is 4. The zero-order valence-corrected chi connectivity index (χ0v) is 19.2. The fourth-order valence-corrected chi connectivity index (χ4v) is 5.24. The maximum absolute atomic E-state index is 12.4. The Morgan fingerprint density at radius 2 is 1.93 bits per heavy atom. The third-order valence-corrected chi connectivity index (χ3v) is 7.61. The lowest BCUT2D eigenvalue weighted by Crippen LogP contribution is -2.41. The highest BCUT2D eigenvalue weighted by Crippen LogP contribution is 2.25. The van der Waals surface area contributed by atoms with Crippen molar-refractivity contribution in [2.45, 2.75) is 50.4 Å². The van der Waals surface area contributed by atoms with E-state index in [0.29, 0.717) is 22.6 Å². The molecule has 2 aromatic rings. The van der Waals surface area contributed by atoms with Gasteiger partial charge >= 0.3 is 0 Å². The van der Waals surface area contributed by atoms with Gasteiger partial charge in [-0.1, -0.05) is 49.7 Å². The SMILES string of the molecule is C[C@@H]1CCCC[C@H]1NC(=O)CSc1nnc(CN(c2ccccc2)S(C)(=O)=O)n1C. The molecule has 1 heterocycles. The molecular formula is C20H29N5O3S2. The van der Waals surface area contributed by atoms with Crippen molar-refractivity contribution in [1.29, 1.82) is 0 Å². The van der Waals surface area contributed by atoms with Crippen LogP contribution in [-0.2, 0) is 28.4 Å². The molecule has 1 fully saturated rings.